The Morgan fingerprint density at radius 2 is 2.29 bits per heavy atom. The number of nitrogens with zero attached hydrogens (tertiary/aromatic N) is 1. The highest BCUT2D eigenvalue weighted by Gasteiger charge is 2.27. The van der Waals surface area contributed by atoms with Crippen molar-refractivity contribution in [3.8, 4) is 0 Å². The van der Waals surface area contributed by atoms with Gasteiger partial charge in [-0.1, -0.05) is 13.8 Å². The minimum absolute atomic E-state index is 0. The van der Waals surface area contributed by atoms with Crippen molar-refractivity contribution < 1.29 is 9.90 Å². The number of hydrogen-bond acceptors (Lipinski definition) is 5. The zero-order valence-corrected chi connectivity index (χ0v) is 14.6. The number of rotatable bonds is 5. The van der Waals surface area contributed by atoms with Crippen molar-refractivity contribution in [2.75, 3.05) is 13.1 Å². The third-order valence-corrected chi connectivity index (χ3v) is 4.36. The lowest BCUT2D eigenvalue weighted by molar-refractivity contribution is -0.122. The molecule has 2 heterocycles. The zero-order valence-electron chi connectivity index (χ0n) is 12.2. The Morgan fingerprint density at radius 1 is 1.57 bits per heavy atom. The average Bonchev–Trinajstić information content (AvgIpc) is 2.98. The summed E-state index contributed by atoms with van der Waals surface area (Å²) in [5.74, 6) is 0.424. The summed E-state index contributed by atoms with van der Waals surface area (Å²) >= 11 is 1.67. The average molecular weight is 356 g/mol. The number of carbonyl (C=O) groups excluding carboxylic acids is 1. The summed E-state index contributed by atoms with van der Waals surface area (Å²) in [6, 6.07) is -0.253. The molecule has 1 aliphatic heterocycles. The fourth-order valence-corrected chi connectivity index (χ4v) is 2.93. The topological polar surface area (TPSA) is 74.2 Å². The van der Waals surface area contributed by atoms with Gasteiger partial charge >= 0.3 is 0 Å². The third kappa shape index (κ3) is 6.08. The van der Waals surface area contributed by atoms with Gasteiger partial charge in [-0.05, 0) is 6.42 Å². The molecule has 0 aliphatic carbocycles. The van der Waals surface area contributed by atoms with Crippen LogP contribution in [0.4, 0.5) is 0 Å². The summed E-state index contributed by atoms with van der Waals surface area (Å²) in [6.07, 6.45) is 0.854. The summed E-state index contributed by atoms with van der Waals surface area (Å²) in [5, 5.41) is 18.4. The van der Waals surface area contributed by atoms with E-state index in [1.165, 1.54) is 0 Å². The molecule has 0 aromatic carbocycles. The molecule has 21 heavy (non-hydrogen) atoms. The number of amides is 1. The Labute approximate surface area is 141 Å². The number of hydrogen-bond donors (Lipinski definition) is 3. The van der Waals surface area contributed by atoms with E-state index in [0.717, 1.165) is 17.1 Å². The lowest BCUT2D eigenvalue weighted by Gasteiger charge is -2.10. The maximum Gasteiger partial charge on any atom is 0.237 e. The van der Waals surface area contributed by atoms with Gasteiger partial charge in [0.25, 0.3) is 0 Å². The van der Waals surface area contributed by atoms with Crippen LogP contribution in [0.3, 0.4) is 0 Å². The van der Waals surface area contributed by atoms with Gasteiger partial charge in [0.1, 0.15) is 0 Å². The van der Waals surface area contributed by atoms with Crippen molar-refractivity contribution in [2.45, 2.75) is 44.8 Å². The molecule has 0 bridgehead atoms. The molecule has 0 spiro atoms. The fourth-order valence-electron chi connectivity index (χ4n) is 2.06. The molecule has 5 nitrogen and oxygen atoms in total. The Hall–Kier alpha value is -0.400. The second-order valence-corrected chi connectivity index (χ2v) is 6.11. The molecule has 1 aromatic rings. The number of aliphatic hydroxyl groups excluding tert-OH is 1. The predicted octanol–water partition coefficient (Wildman–Crippen LogP) is 1.49. The van der Waals surface area contributed by atoms with Crippen LogP contribution in [0.2, 0.25) is 0 Å². The van der Waals surface area contributed by atoms with Crippen LogP contribution in [0, 0.1) is 0 Å². The summed E-state index contributed by atoms with van der Waals surface area (Å²) in [4.78, 5) is 16.3. The summed E-state index contributed by atoms with van der Waals surface area (Å²) in [6.45, 7) is 5.35. The minimum Gasteiger partial charge on any atom is -0.392 e. The molecule has 8 heteroatoms. The van der Waals surface area contributed by atoms with Gasteiger partial charge in [0, 0.05) is 30.8 Å². The molecule has 1 fully saturated rings. The van der Waals surface area contributed by atoms with Gasteiger partial charge in [-0.3, -0.25) is 4.79 Å². The molecule has 0 radical (unpaired) electrons. The van der Waals surface area contributed by atoms with E-state index in [1.54, 1.807) is 11.3 Å². The van der Waals surface area contributed by atoms with Gasteiger partial charge in [-0.25, -0.2) is 4.98 Å². The lowest BCUT2D eigenvalue weighted by Crippen LogP contribution is -2.41. The number of aliphatic hydroxyl groups is 1. The van der Waals surface area contributed by atoms with Gasteiger partial charge in [-0.15, -0.1) is 36.2 Å². The molecule has 1 amide bonds. The van der Waals surface area contributed by atoms with Crippen LogP contribution in [0.25, 0.3) is 0 Å². The second-order valence-electron chi connectivity index (χ2n) is 5.22. The summed E-state index contributed by atoms with van der Waals surface area (Å²) < 4.78 is 0. The van der Waals surface area contributed by atoms with Crippen LogP contribution >= 0.6 is 36.2 Å². The molecule has 2 unspecified atom stereocenters. The van der Waals surface area contributed by atoms with Crippen LogP contribution < -0.4 is 10.6 Å². The standard InChI is InChI=1S/C13H21N3O2S.2ClH/c1-8(2)13-16-9(7-19-13)3-4-14-12(18)11-5-10(17)6-15-11;;/h7-8,10-11,15,17H,3-6H2,1-2H3,(H,14,18);2*1H. The quantitative estimate of drug-likeness (QED) is 0.747. The van der Waals surface area contributed by atoms with Crippen molar-refractivity contribution in [2.24, 2.45) is 0 Å². The van der Waals surface area contributed by atoms with E-state index in [9.17, 15) is 9.90 Å². The number of β-amino-alcohol motifs (C(OH)–C–C–N with tert-alkyl or cyclic N) is 1. The highest BCUT2D eigenvalue weighted by molar-refractivity contribution is 7.09. The van der Waals surface area contributed by atoms with E-state index in [-0.39, 0.29) is 36.8 Å². The predicted molar refractivity (Wildman–Crippen MR) is 89.8 cm³/mol. The Bertz CT molecular complexity index is 443. The van der Waals surface area contributed by atoms with Crippen LogP contribution in [0.1, 0.15) is 36.9 Å². The maximum atomic E-state index is 11.8. The number of aromatic nitrogens is 1. The maximum absolute atomic E-state index is 11.8. The molecule has 0 saturated carbocycles. The third-order valence-electron chi connectivity index (χ3n) is 3.17. The number of carbonyl (C=O) groups is 1. The van der Waals surface area contributed by atoms with Crippen molar-refractivity contribution in [1.82, 2.24) is 15.6 Å². The monoisotopic (exact) mass is 355 g/mol. The number of thiazole rings is 1. The summed E-state index contributed by atoms with van der Waals surface area (Å²) in [7, 11) is 0. The van der Waals surface area contributed by atoms with Gasteiger partial charge in [0.05, 0.1) is 22.8 Å². The molecule has 1 saturated heterocycles. The van der Waals surface area contributed by atoms with Gasteiger partial charge in [0.2, 0.25) is 5.91 Å². The van der Waals surface area contributed by atoms with Crippen LogP contribution in [-0.4, -0.2) is 41.2 Å². The first-order valence-electron chi connectivity index (χ1n) is 6.69. The SMILES string of the molecule is CC(C)c1nc(CCNC(=O)C2CC(O)CN2)cs1.Cl.Cl. The largest absolute Gasteiger partial charge is 0.392 e. The Balaban J connectivity index is 0.00000200. The molecule has 1 aromatic heterocycles. The first-order chi connectivity index (χ1) is 9.06. The van der Waals surface area contributed by atoms with Crippen LogP contribution in [-0.2, 0) is 11.2 Å². The van der Waals surface area contributed by atoms with E-state index in [4.69, 9.17) is 0 Å². The second kappa shape index (κ2) is 9.58. The first-order valence-corrected chi connectivity index (χ1v) is 7.57. The van der Waals surface area contributed by atoms with Crippen LogP contribution in [0.15, 0.2) is 5.38 Å². The van der Waals surface area contributed by atoms with Gasteiger partial charge in [0.15, 0.2) is 0 Å². The van der Waals surface area contributed by atoms with Crippen molar-refractivity contribution in [3.05, 3.63) is 16.1 Å². The van der Waals surface area contributed by atoms with E-state index < -0.39 is 6.10 Å². The molecule has 2 rings (SSSR count). The molecule has 1 aliphatic rings. The molecule has 2 atom stereocenters. The van der Waals surface area contributed by atoms with Gasteiger partial charge < -0.3 is 15.7 Å². The van der Waals surface area contributed by atoms with Crippen molar-refractivity contribution in [3.63, 3.8) is 0 Å². The molecular formula is C13H23Cl2N3O2S. The fraction of sp³-hybridized carbons (Fsp3) is 0.692. The highest BCUT2D eigenvalue weighted by atomic mass is 35.5. The van der Waals surface area contributed by atoms with E-state index in [0.29, 0.717) is 25.4 Å². The highest BCUT2D eigenvalue weighted by Crippen LogP contribution is 2.19. The van der Waals surface area contributed by atoms with Crippen LogP contribution in [0.5, 0.6) is 0 Å². The molecular weight excluding hydrogens is 333 g/mol. The first kappa shape index (κ1) is 20.6. The smallest absolute Gasteiger partial charge is 0.237 e. The Morgan fingerprint density at radius 3 is 2.81 bits per heavy atom. The van der Waals surface area contributed by atoms with Crippen molar-refractivity contribution >= 4 is 42.1 Å². The number of halogens is 2. The van der Waals surface area contributed by atoms with Crippen molar-refractivity contribution in [1.29, 1.82) is 0 Å². The van der Waals surface area contributed by atoms with Gasteiger partial charge in [-0.2, -0.15) is 0 Å². The zero-order chi connectivity index (χ0) is 13.8. The lowest BCUT2D eigenvalue weighted by atomic mass is 10.2. The number of nitrogens with one attached hydrogen (secondary N) is 2. The molecule has 122 valence electrons. The molecule has 3 N–H and O–H groups in total. The summed E-state index contributed by atoms with van der Waals surface area (Å²) in [5.41, 5.74) is 1.04. The Kier molecular flexibility index (Phi) is 9.40. The normalized spacial score (nSPS) is 20.8. The van der Waals surface area contributed by atoms with E-state index in [2.05, 4.69) is 34.8 Å². The van der Waals surface area contributed by atoms with E-state index in [1.807, 2.05) is 0 Å². The minimum atomic E-state index is -0.400. The van der Waals surface area contributed by atoms with E-state index >= 15 is 0 Å².